The van der Waals surface area contributed by atoms with Gasteiger partial charge in [0.15, 0.2) is 5.17 Å². The first-order chi connectivity index (χ1) is 13.7. The Morgan fingerprint density at radius 3 is 2.68 bits per heavy atom. The maximum absolute atomic E-state index is 13.2. The van der Waals surface area contributed by atoms with Gasteiger partial charge in [0.25, 0.3) is 5.91 Å². The molecule has 1 N–H and O–H groups in total. The van der Waals surface area contributed by atoms with Gasteiger partial charge in [0, 0.05) is 16.5 Å². The zero-order chi connectivity index (χ0) is 19.5. The van der Waals surface area contributed by atoms with Gasteiger partial charge in [0.05, 0.1) is 5.36 Å². The number of hydrogen-bond acceptors (Lipinski definition) is 6. The number of nitrogens with one attached hydrogen (secondary N) is 1. The molecule has 1 amide bonds. The molecule has 28 heavy (non-hydrogen) atoms. The molecule has 0 saturated carbocycles. The molecule has 6 nitrogen and oxygen atoms in total. The largest absolute Gasteiger partial charge is 0.298 e. The third-order valence-electron chi connectivity index (χ3n) is 4.54. The molecule has 0 aliphatic carbocycles. The van der Waals surface area contributed by atoms with Crippen molar-refractivity contribution in [3.63, 3.8) is 0 Å². The van der Waals surface area contributed by atoms with Gasteiger partial charge < -0.3 is 0 Å². The molecular weight excluding hydrogens is 372 g/mol. The Balaban J connectivity index is 1.81. The Kier molecular flexibility index (Phi) is 5.25. The van der Waals surface area contributed by atoms with Crippen molar-refractivity contribution >= 4 is 34.3 Å². The number of thioether (sulfide) groups is 1. The maximum Gasteiger partial charge on any atom is 0.276 e. The number of carbonyl (C=O) groups excluding carboxylic acids is 2. The van der Waals surface area contributed by atoms with Crippen molar-refractivity contribution in [2.24, 2.45) is 10.1 Å². The zero-order valence-electron chi connectivity index (χ0n) is 15.5. The summed E-state index contributed by atoms with van der Waals surface area (Å²) in [7, 11) is 0. The van der Waals surface area contributed by atoms with Crippen molar-refractivity contribution in [3.05, 3.63) is 70.7 Å². The molecule has 0 saturated heterocycles. The molecule has 0 unspecified atom stereocenters. The van der Waals surface area contributed by atoms with E-state index in [0.29, 0.717) is 27.0 Å². The first-order valence-corrected chi connectivity index (χ1v) is 10.3. The van der Waals surface area contributed by atoms with Crippen molar-refractivity contribution in [1.29, 1.82) is 0 Å². The predicted octanol–water partition coefficient (Wildman–Crippen LogP) is 1.87. The minimum Gasteiger partial charge on any atom is -0.298 e. The van der Waals surface area contributed by atoms with Crippen LogP contribution in [-0.4, -0.2) is 33.8 Å². The Morgan fingerprint density at radius 2 is 1.89 bits per heavy atom. The van der Waals surface area contributed by atoms with Crippen LogP contribution in [0, 0.1) is 0 Å². The average Bonchev–Trinajstić information content (AvgIpc) is 2.73. The van der Waals surface area contributed by atoms with E-state index < -0.39 is 6.17 Å². The van der Waals surface area contributed by atoms with Crippen molar-refractivity contribution < 1.29 is 9.59 Å². The topological polar surface area (TPSA) is 74.1 Å². The molecule has 4 rings (SSSR count). The van der Waals surface area contributed by atoms with Gasteiger partial charge in [-0.15, -0.1) is 5.10 Å². The molecule has 2 aliphatic heterocycles. The summed E-state index contributed by atoms with van der Waals surface area (Å²) in [5.41, 5.74) is 0.899. The number of amides is 1. The van der Waals surface area contributed by atoms with Gasteiger partial charge in [-0.25, -0.2) is 10.0 Å². The van der Waals surface area contributed by atoms with E-state index in [4.69, 9.17) is 0 Å². The third kappa shape index (κ3) is 3.45. The Labute approximate surface area is 167 Å². The summed E-state index contributed by atoms with van der Waals surface area (Å²) in [5.74, 6) is 0.398. The van der Waals surface area contributed by atoms with E-state index >= 15 is 0 Å². The summed E-state index contributed by atoms with van der Waals surface area (Å²) in [4.78, 5) is 30.7. The van der Waals surface area contributed by atoms with E-state index in [2.05, 4.69) is 22.3 Å². The molecule has 1 atom stereocenters. The van der Waals surface area contributed by atoms with Crippen LogP contribution in [0.1, 0.15) is 30.1 Å². The van der Waals surface area contributed by atoms with Gasteiger partial charge in [-0.05, 0) is 12.5 Å². The van der Waals surface area contributed by atoms with Crippen molar-refractivity contribution in [1.82, 2.24) is 10.3 Å². The normalized spacial score (nSPS) is 17.8. The number of carbonyl (C=O) groups is 2. The fraction of sp³-hybridized carbons (Fsp3) is 0.238. The molecule has 0 bridgehead atoms. The lowest BCUT2D eigenvalue weighted by Crippen LogP contribution is -2.54. The number of Topliss-reactive ketones (excluding diaryl/α,β-unsaturated/α-hetero) is 1. The lowest BCUT2D eigenvalue weighted by atomic mass is 10.1. The Bertz CT molecular complexity index is 1070. The zero-order valence-corrected chi connectivity index (χ0v) is 16.3. The summed E-state index contributed by atoms with van der Waals surface area (Å²) in [6.45, 7) is 2.11. The highest BCUT2D eigenvalue weighted by Crippen LogP contribution is 2.23. The molecule has 7 heteroatoms. The van der Waals surface area contributed by atoms with E-state index in [1.807, 2.05) is 42.5 Å². The number of para-hydroxylation sites is 1. The molecule has 142 valence electrons. The van der Waals surface area contributed by atoms with E-state index in [-0.39, 0.29) is 11.7 Å². The molecular formula is C21H20N4O2S. The number of unbranched alkanes of at least 4 members (excludes halogenated alkanes) is 1. The van der Waals surface area contributed by atoms with Crippen LogP contribution in [0.3, 0.4) is 0 Å². The number of rotatable bonds is 5. The number of fused-ring (bicyclic) bond motifs is 2. The second-order valence-corrected chi connectivity index (χ2v) is 7.59. The fourth-order valence-electron chi connectivity index (χ4n) is 3.13. The van der Waals surface area contributed by atoms with Crippen LogP contribution >= 0.6 is 11.8 Å². The molecule has 0 fully saturated rings. The molecule has 0 radical (unpaired) electrons. The van der Waals surface area contributed by atoms with Gasteiger partial charge in [-0.2, -0.15) is 0 Å². The monoisotopic (exact) mass is 392 g/mol. The van der Waals surface area contributed by atoms with Gasteiger partial charge >= 0.3 is 0 Å². The minimum absolute atomic E-state index is 0.191. The molecule has 0 aromatic heterocycles. The summed E-state index contributed by atoms with van der Waals surface area (Å²) in [5, 5.41) is 10.7. The number of hydrazone groups is 1. The summed E-state index contributed by atoms with van der Waals surface area (Å²) in [6.07, 6.45) is 1.18. The lowest BCUT2D eigenvalue weighted by molar-refractivity contribution is -0.115. The number of amidine groups is 1. The molecule has 2 aliphatic rings. The smallest absolute Gasteiger partial charge is 0.276 e. The van der Waals surface area contributed by atoms with Crippen molar-refractivity contribution in [2.45, 2.75) is 25.9 Å². The quantitative estimate of drug-likeness (QED) is 0.623. The second kappa shape index (κ2) is 7.98. The minimum atomic E-state index is -0.903. The van der Waals surface area contributed by atoms with E-state index in [1.165, 1.54) is 16.8 Å². The molecule has 2 aromatic carbocycles. The molecule has 2 aromatic rings. The molecule has 0 spiro atoms. The van der Waals surface area contributed by atoms with Crippen LogP contribution in [0.25, 0.3) is 5.70 Å². The third-order valence-corrected chi connectivity index (χ3v) is 5.49. The van der Waals surface area contributed by atoms with E-state index in [9.17, 15) is 9.59 Å². The van der Waals surface area contributed by atoms with Crippen LogP contribution < -0.4 is 15.9 Å². The number of nitrogens with zero attached hydrogens (tertiary/aromatic N) is 3. The molecule has 2 heterocycles. The van der Waals surface area contributed by atoms with Gasteiger partial charge in [-0.1, -0.05) is 73.6 Å². The van der Waals surface area contributed by atoms with Crippen LogP contribution in [-0.2, 0) is 4.79 Å². The van der Waals surface area contributed by atoms with Gasteiger partial charge in [0.1, 0.15) is 5.70 Å². The number of benzene rings is 2. The number of hydrogen-bond donors (Lipinski definition) is 1. The highest BCUT2D eigenvalue weighted by atomic mass is 32.2. The van der Waals surface area contributed by atoms with Crippen LogP contribution in [0.15, 0.2) is 64.7 Å². The van der Waals surface area contributed by atoms with Crippen molar-refractivity contribution in [2.75, 3.05) is 5.75 Å². The Morgan fingerprint density at radius 1 is 1.14 bits per heavy atom. The first-order valence-electron chi connectivity index (χ1n) is 9.27. The van der Waals surface area contributed by atoms with Crippen LogP contribution in [0.4, 0.5) is 0 Å². The summed E-state index contributed by atoms with van der Waals surface area (Å²) >= 11 is 1.48. The highest BCUT2D eigenvalue weighted by molar-refractivity contribution is 8.13. The average molecular weight is 392 g/mol. The fourth-order valence-corrected chi connectivity index (χ4v) is 4.07. The summed E-state index contributed by atoms with van der Waals surface area (Å²) < 4.78 is 0. The van der Waals surface area contributed by atoms with E-state index in [1.54, 1.807) is 12.1 Å². The standard InChI is InChI=1S/C21H20N4O2S/c1-2-3-13-28-21-23-20(27)17-15-11-7-8-12-16(15)22-19(25(17)24-21)18(26)14-9-5-4-6-10-14/h4-12,19H,2-3,13H2,1H3,(H,23,24,27)/t19-/m0/s1. The van der Waals surface area contributed by atoms with Gasteiger partial charge in [0.2, 0.25) is 11.9 Å². The van der Waals surface area contributed by atoms with Crippen LogP contribution in [0.5, 0.6) is 0 Å². The SMILES string of the molecule is CCCCSC1=NN2C(=c3ccccc3=N[C@@H]2C(=O)c2ccccc2)C(=O)N1. The second-order valence-electron chi connectivity index (χ2n) is 6.50. The van der Waals surface area contributed by atoms with Gasteiger partial charge in [-0.3, -0.25) is 14.9 Å². The van der Waals surface area contributed by atoms with Crippen molar-refractivity contribution in [3.8, 4) is 0 Å². The number of ketones is 1. The first kappa shape index (κ1) is 18.4. The van der Waals surface area contributed by atoms with E-state index in [0.717, 1.165) is 18.6 Å². The highest BCUT2D eigenvalue weighted by Gasteiger charge is 2.37. The van der Waals surface area contributed by atoms with Crippen LogP contribution in [0.2, 0.25) is 0 Å². The summed E-state index contributed by atoms with van der Waals surface area (Å²) in [6, 6.07) is 16.3. The Hall–Kier alpha value is -2.93. The maximum atomic E-state index is 13.2. The predicted molar refractivity (Wildman–Crippen MR) is 110 cm³/mol. The lowest BCUT2D eigenvalue weighted by Gasteiger charge is -2.33.